The Kier molecular flexibility index (Phi) is 5.68. The molecule has 0 spiro atoms. The van der Waals surface area contributed by atoms with Crippen molar-refractivity contribution < 1.29 is 10.4 Å². The van der Waals surface area contributed by atoms with Gasteiger partial charge in [0.05, 0.1) is 11.4 Å². The predicted molar refractivity (Wildman–Crippen MR) is 95.9 cm³/mol. The van der Waals surface area contributed by atoms with Crippen LogP contribution in [0.5, 0.6) is 0 Å². The molecule has 0 aromatic heterocycles. The Balaban J connectivity index is 2.55. The van der Waals surface area contributed by atoms with Crippen molar-refractivity contribution in [1.82, 2.24) is 11.0 Å². The molecule has 126 valence electrons. The summed E-state index contributed by atoms with van der Waals surface area (Å²) in [6, 6.07) is 11.6. The van der Waals surface area contributed by atoms with E-state index in [1.165, 1.54) is 0 Å². The van der Waals surface area contributed by atoms with Crippen LogP contribution in [0.15, 0.2) is 46.4 Å². The lowest BCUT2D eigenvalue weighted by Gasteiger charge is -2.11. The topological polar surface area (TPSA) is 89.2 Å². The van der Waals surface area contributed by atoms with E-state index in [1.54, 1.807) is 0 Å². The van der Waals surface area contributed by atoms with Crippen LogP contribution in [0.4, 0.5) is 11.4 Å². The highest BCUT2D eigenvalue weighted by molar-refractivity contribution is 6.40. The number of para-hydroxylation sites is 2. The zero-order valence-corrected chi connectivity index (χ0v) is 14.3. The largest absolute Gasteiger partial charge is 0.290 e. The van der Waals surface area contributed by atoms with Gasteiger partial charge in [0.15, 0.2) is 11.7 Å². The molecule has 0 radical (unpaired) electrons. The van der Waals surface area contributed by atoms with Crippen molar-refractivity contribution in [2.75, 3.05) is 0 Å². The Hall–Kier alpha value is -2.70. The van der Waals surface area contributed by atoms with Gasteiger partial charge in [-0.25, -0.2) is 20.9 Å². The molecule has 2 rings (SSSR count). The van der Waals surface area contributed by atoms with Crippen LogP contribution >= 0.6 is 0 Å². The predicted octanol–water partition coefficient (Wildman–Crippen LogP) is 3.64. The van der Waals surface area contributed by atoms with Crippen molar-refractivity contribution in [3.8, 4) is 0 Å². The molecule has 0 aliphatic rings. The SMILES string of the molecule is Cc1cccc(C)c1N=C(NO)C(=Nc1c(C)cccc1C)NO. The van der Waals surface area contributed by atoms with Crippen LogP contribution in [-0.4, -0.2) is 22.1 Å². The fraction of sp³-hybridized carbons (Fsp3) is 0.222. The molecule has 0 aliphatic heterocycles. The van der Waals surface area contributed by atoms with E-state index in [1.807, 2.05) is 75.1 Å². The fourth-order valence-electron chi connectivity index (χ4n) is 2.45. The number of aryl methyl sites for hydroxylation is 4. The van der Waals surface area contributed by atoms with Crippen LogP contribution < -0.4 is 11.0 Å². The van der Waals surface area contributed by atoms with Crippen LogP contribution in [0.1, 0.15) is 22.3 Å². The van der Waals surface area contributed by atoms with Gasteiger partial charge >= 0.3 is 0 Å². The third-order valence-corrected chi connectivity index (χ3v) is 3.76. The summed E-state index contributed by atoms with van der Waals surface area (Å²) in [5.74, 6) is 0.0510. The van der Waals surface area contributed by atoms with Gasteiger partial charge in [-0.15, -0.1) is 0 Å². The van der Waals surface area contributed by atoms with Crippen LogP contribution in [-0.2, 0) is 0 Å². The fourth-order valence-corrected chi connectivity index (χ4v) is 2.45. The Bertz CT molecular complexity index is 690. The van der Waals surface area contributed by atoms with Gasteiger partial charge in [-0.1, -0.05) is 36.4 Å². The van der Waals surface area contributed by atoms with Gasteiger partial charge in [0.2, 0.25) is 0 Å². The van der Waals surface area contributed by atoms with Crippen LogP contribution in [0.3, 0.4) is 0 Å². The van der Waals surface area contributed by atoms with Crippen LogP contribution in [0.25, 0.3) is 0 Å². The Morgan fingerprint density at radius 3 is 1.21 bits per heavy atom. The maximum atomic E-state index is 9.47. The van der Waals surface area contributed by atoms with E-state index in [4.69, 9.17) is 0 Å². The van der Waals surface area contributed by atoms with Gasteiger partial charge in [-0.05, 0) is 49.9 Å². The molecular formula is C18H22N4O2. The maximum Gasteiger partial charge on any atom is 0.195 e. The highest BCUT2D eigenvalue weighted by Gasteiger charge is 2.12. The highest BCUT2D eigenvalue weighted by atomic mass is 16.5. The van der Waals surface area contributed by atoms with Crippen LogP contribution in [0, 0.1) is 27.7 Å². The first-order valence-electron chi connectivity index (χ1n) is 7.58. The van der Waals surface area contributed by atoms with Crippen molar-refractivity contribution in [2.24, 2.45) is 9.98 Å². The van der Waals surface area contributed by atoms with E-state index in [0.29, 0.717) is 11.4 Å². The number of aliphatic imine (C=N–C) groups is 2. The molecule has 0 atom stereocenters. The third kappa shape index (κ3) is 3.79. The first-order chi connectivity index (χ1) is 11.5. The number of hydrogen-bond acceptors (Lipinski definition) is 4. The molecule has 0 heterocycles. The molecule has 2 aromatic carbocycles. The van der Waals surface area contributed by atoms with E-state index >= 15 is 0 Å². The third-order valence-electron chi connectivity index (χ3n) is 3.76. The number of hydroxylamine groups is 2. The maximum absolute atomic E-state index is 9.47. The molecule has 2 aromatic rings. The number of nitrogens with zero attached hydrogens (tertiary/aromatic N) is 2. The Morgan fingerprint density at radius 2 is 0.958 bits per heavy atom. The van der Waals surface area contributed by atoms with E-state index in [0.717, 1.165) is 22.3 Å². The minimum Gasteiger partial charge on any atom is -0.290 e. The minimum absolute atomic E-state index is 0.0255. The zero-order chi connectivity index (χ0) is 17.7. The molecule has 0 unspecified atom stereocenters. The Labute approximate surface area is 141 Å². The number of hydrogen-bond donors (Lipinski definition) is 4. The number of benzene rings is 2. The van der Waals surface area contributed by atoms with E-state index in [-0.39, 0.29) is 11.7 Å². The van der Waals surface area contributed by atoms with Gasteiger partial charge in [-0.3, -0.25) is 10.4 Å². The molecule has 0 amide bonds. The average molecular weight is 326 g/mol. The van der Waals surface area contributed by atoms with Crippen molar-refractivity contribution in [1.29, 1.82) is 0 Å². The van der Waals surface area contributed by atoms with E-state index < -0.39 is 0 Å². The number of amidine groups is 2. The van der Waals surface area contributed by atoms with Gasteiger partial charge in [-0.2, -0.15) is 0 Å². The molecule has 6 heteroatoms. The summed E-state index contributed by atoms with van der Waals surface area (Å²) in [5.41, 5.74) is 9.24. The quantitative estimate of drug-likeness (QED) is 0.385. The summed E-state index contributed by atoms with van der Waals surface area (Å²) in [6.45, 7) is 7.70. The lowest BCUT2D eigenvalue weighted by atomic mass is 10.1. The number of rotatable bonds is 2. The van der Waals surface area contributed by atoms with Crippen molar-refractivity contribution in [2.45, 2.75) is 27.7 Å². The highest BCUT2D eigenvalue weighted by Crippen LogP contribution is 2.25. The Morgan fingerprint density at radius 1 is 0.667 bits per heavy atom. The van der Waals surface area contributed by atoms with E-state index in [2.05, 4.69) is 9.98 Å². The monoisotopic (exact) mass is 326 g/mol. The van der Waals surface area contributed by atoms with Crippen molar-refractivity contribution >= 4 is 23.0 Å². The van der Waals surface area contributed by atoms with Gasteiger partial charge < -0.3 is 0 Å². The van der Waals surface area contributed by atoms with Crippen LogP contribution in [0.2, 0.25) is 0 Å². The second-order valence-corrected chi connectivity index (χ2v) is 5.63. The van der Waals surface area contributed by atoms with Crippen molar-refractivity contribution in [3.05, 3.63) is 58.7 Å². The summed E-state index contributed by atoms with van der Waals surface area (Å²) < 4.78 is 0. The first-order valence-corrected chi connectivity index (χ1v) is 7.58. The average Bonchev–Trinajstić information content (AvgIpc) is 2.55. The molecule has 24 heavy (non-hydrogen) atoms. The zero-order valence-electron chi connectivity index (χ0n) is 14.3. The molecule has 0 saturated carbocycles. The van der Waals surface area contributed by atoms with E-state index in [9.17, 15) is 10.4 Å². The first kappa shape index (κ1) is 17.7. The van der Waals surface area contributed by atoms with Gasteiger partial charge in [0.1, 0.15) is 0 Å². The number of nitrogens with one attached hydrogen (secondary N) is 2. The lowest BCUT2D eigenvalue weighted by molar-refractivity contribution is 0.223. The summed E-state index contributed by atoms with van der Waals surface area (Å²) in [4.78, 5) is 8.81. The second kappa shape index (κ2) is 7.72. The normalized spacial score (nSPS) is 12.2. The second-order valence-electron chi connectivity index (χ2n) is 5.63. The molecule has 0 saturated heterocycles. The van der Waals surface area contributed by atoms with Crippen molar-refractivity contribution in [3.63, 3.8) is 0 Å². The summed E-state index contributed by atoms with van der Waals surface area (Å²) >= 11 is 0. The van der Waals surface area contributed by atoms with Gasteiger partial charge in [0, 0.05) is 0 Å². The molecule has 0 aliphatic carbocycles. The lowest BCUT2D eigenvalue weighted by Crippen LogP contribution is -2.37. The molecule has 4 N–H and O–H groups in total. The minimum atomic E-state index is 0.0255. The standard InChI is InChI=1S/C18H22N4O2/c1-11-7-5-8-12(2)15(11)19-17(21-23)18(22-24)20-16-13(3)9-6-10-14(16)4/h5-10,23-24H,1-4H3,(H,19,21)(H,20,22). The van der Waals surface area contributed by atoms with Gasteiger partial charge in [0.25, 0.3) is 0 Å². The smallest absolute Gasteiger partial charge is 0.195 e. The molecular weight excluding hydrogens is 304 g/mol. The molecule has 0 bridgehead atoms. The molecule has 0 fully saturated rings. The summed E-state index contributed by atoms with van der Waals surface area (Å²) in [6.07, 6.45) is 0. The summed E-state index contributed by atoms with van der Waals surface area (Å²) in [5, 5.41) is 18.9. The summed E-state index contributed by atoms with van der Waals surface area (Å²) in [7, 11) is 0. The molecule has 6 nitrogen and oxygen atoms in total.